The van der Waals surface area contributed by atoms with E-state index in [1.165, 1.54) is 11.3 Å². The highest BCUT2D eigenvalue weighted by molar-refractivity contribution is 5.99. The molecule has 5 rings (SSSR count). The van der Waals surface area contributed by atoms with Gasteiger partial charge in [-0.05, 0) is 61.7 Å². The Hall–Kier alpha value is -3.21. The fourth-order valence-corrected chi connectivity index (χ4v) is 3.85. The van der Waals surface area contributed by atoms with Crippen molar-refractivity contribution in [1.82, 2.24) is 19.7 Å². The summed E-state index contributed by atoms with van der Waals surface area (Å²) in [7, 11) is 0. The zero-order valence-corrected chi connectivity index (χ0v) is 14.6. The van der Waals surface area contributed by atoms with Crippen molar-refractivity contribution in [2.24, 2.45) is 0 Å². The van der Waals surface area contributed by atoms with Crippen molar-refractivity contribution >= 4 is 16.6 Å². The second kappa shape index (κ2) is 5.66. The average Bonchev–Trinajstić information content (AvgIpc) is 3.22. The Morgan fingerprint density at radius 1 is 1.12 bits per heavy atom. The van der Waals surface area contributed by atoms with Crippen LogP contribution in [0.15, 0.2) is 48.7 Å². The second-order valence-corrected chi connectivity index (χ2v) is 6.80. The van der Waals surface area contributed by atoms with Gasteiger partial charge in [0.05, 0.1) is 11.2 Å². The van der Waals surface area contributed by atoms with Gasteiger partial charge in [0, 0.05) is 40.8 Å². The molecule has 1 aliphatic heterocycles. The number of anilines is 1. The van der Waals surface area contributed by atoms with E-state index < -0.39 is 0 Å². The van der Waals surface area contributed by atoms with Crippen LogP contribution in [0.5, 0.6) is 0 Å². The Morgan fingerprint density at radius 2 is 2.04 bits per heavy atom. The molecule has 3 aromatic heterocycles. The van der Waals surface area contributed by atoms with E-state index in [0.29, 0.717) is 0 Å². The van der Waals surface area contributed by atoms with E-state index in [1.54, 1.807) is 0 Å². The van der Waals surface area contributed by atoms with Crippen molar-refractivity contribution in [2.75, 3.05) is 5.73 Å². The lowest BCUT2D eigenvalue weighted by molar-refractivity contribution is 0.658. The molecule has 128 valence electrons. The third kappa shape index (κ3) is 2.28. The van der Waals surface area contributed by atoms with Gasteiger partial charge in [0.1, 0.15) is 5.69 Å². The summed E-state index contributed by atoms with van der Waals surface area (Å²) in [6.07, 6.45) is 4.02. The molecule has 1 aromatic carbocycles. The highest BCUT2D eigenvalue weighted by Crippen LogP contribution is 2.39. The molecule has 5 heteroatoms. The Labute approximate surface area is 151 Å². The number of fused-ring (bicyclic) bond motifs is 2. The van der Waals surface area contributed by atoms with Crippen molar-refractivity contribution in [1.29, 1.82) is 0 Å². The minimum atomic E-state index is 0.741. The number of hydrogen-bond donors (Lipinski definition) is 1. The van der Waals surface area contributed by atoms with Crippen molar-refractivity contribution in [3.05, 3.63) is 60.0 Å². The number of nitrogens with two attached hydrogens (primary N) is 1. The maximum Gasteiger partial charge on any atom is 0.119 e. The van der Waals surface area contributed by atoms with Gasteiger partial charge in [-0.15, -0.1) is 0 Å². The molecule has 2 N–H and O–H groups in total. The minimum Gasteiger partial charge on any atom is -0.399 e. The van der Waals surface area contributed by atoms with Crippen LogP contribution in [-0.4, -0.2) is 19.7 Å². The predicted octanol–water partition coefficient (Wildman–Crippen LogP) is 4.00. The minimum absolute atomic E-state index is 0.741. The van der Waals surface area contributed by atoms with Crippen LogP contribution in [0.4, 0.5) is 5.69 Å². The summed E-state index contributed by atoms with van der Waals surface area (Å²) < 4.78 is 2.13. The van der Waals surface area contributed by atoms with Gasteiger partial charge in [0.25, 0.3) is 0 Å². The second-order valence-electron chi connectivity index (χ2n) is 6.80. The van der Waals surface area contributed by atoms with Crippen LogP contribution < -0.4 is 5.73 Å². The van der Waals surface area contributed by atoms with E-state index in [4.69, 9.17) is 15.8 Å². The molecule has 0 saturated heterocycles. The maximum absolute atomic E-state index is 6.07. The van der Waals surface area contributed by atoms with Gasteiger partial charge in [-0.1, -0.05) is 6.07 Å². The van der Waals surface area contributed by atoms with E-state index in [1.807, 2.05) is 49.5 Å². The topological polar surface area (TPSA) is 69.6 Å². The molecule has 0 atom stereocenters. The lowest BCUT2D eigenvalue weighted by atomic mass is 9.96. The number of hydrogen-bond acceptors (Lipinski definition) is 4. The fraction of sp³-hybridized carbons (Fsp3) is 0.190. The quantitative estimate of drug-likeness (QED) is 0.560. The SMILES string of the molecule is Cc1cccc(-c2nn3c(c2-c2ccnc4ccc(N)cc24)CCC3)n1. The smallest absolute Gasteiger partial charge is 0.119 e. The number of nitrogen functional groups attached to an aromatic ring is 1. The van der Waals surface area contributed by atoms with Gasteiger partial charge in [0.15, 0.2) is 0 Å². The molecule has 4 heterocycles. The number of nitrogens with zero attached hydrogens (tertiary/aromatic N) is 4. The first kappa shape index (κ1) is 15.1. The highest BCUT2D eigenvalue weighted by Gasteiger charge is 2.25. The number of benzene rings is 1. The van der Waals surface area contributed by atoms with E-state index in [9.17, 15) is 0 Å². The molecule has 0 aliphatic carbocycles. The number of aromatic nitrogens is 4. The third-order valence-electron chi connectivity index (χ3n) is 5.01. The van der Waals surface area contributed by atoms with Crippen LogP contribution >= 0.6 is 0 Å². The van der Waals surface area contributed by atoms with Crippen molar-refractivity contribution in [3.63, 3.8) is 0 Å². The average molecular weight is 341 g/mol. The molecule has 0 fully saturated rings. The first-order chi connectivity index (χ1) is 12.7. The molecule has 0 bridgehead atoms. The zero-order valence-electron chi connectivity index (χ0n) is 14.6. The van der Waals surface area contributed by atoms with E-state index >= 15 is 0 Å². The normalized spacial score (nSPS) is 13.3. The molecule has 5 nitrogen and oxygen atoms in total. The number of pyridine rings is 2. The van der Waals surface area contributed by atoms with Crippen molar-refractivity contribution < 1.29 is 0 Å². The molecular formula is C21H19N5. The van der Waals surface area contributed by atoms with E-state index in [2.05, 4.69) is 15.7 Å². The van der Waals surface area contributed by atoms with Crippen LogP contribution in [0, 0.1) is 6.92 Å². The summed E-state index contributed by atoms with van der Waals surface area (Å²) in [6, 6.07) is 14.0. The van der Waals surface area contributed by atoms with Gasteiger partial charge in [-0.3, -0.25) is 14.6 Å². The third-order valence-corrected chi connectivity index (χ3v) is 5.01. The first-order valence-electron chi connectivity index (χ1n) is 8.89. The number of rotatable bonds is 2. The lowest BCUT2D eigenvalue weighted by Gasteiger charge is -2.09. The van der Waals surface area contributed by atoms with Gasteiger partial charge < -0.3 is 5.73 Å². The summed E-state index contributed by atoms with van der Waals surface area (Å²) in [5.41, 5.74) is 14.2. The van der Waals surface area contributed by atoms with Gasteiger partial charge in [-0.25, -0.2) is 0 Å². The molecule has 0 saturated carbocycles. The van der Waals surface area contributed by atoms with Crippen molar-refractivity contribution in [3.8, 4) is 22.5 Å². The lowest BCUT2D eigenvalue weighted by Crippen LogP contribution is -1.95. The molecule has 4 aromatic rings. The van der Waals surface area contributed by atoms with Gasteiger partial charge in [0.2, 0.25) is 0 Å². The summed E-state index contributed by atoms with van der Waals surface area (Å²) in [5.74, 6) is 0. The summed E-state index contributed by atoms with van der Waals surface area (Å²) in [5, 5.41) is 5.97. The Bertz CT molecular complexity index is 1140. The molecule has 0 radical (unpaired) electrons. The standard InChI is InChI=1S/C21H19N5/c1-13-4-2-5-18(24-13)21-20(19-6-3-11-26(19)25-21)15-9-10-23-17-8-7-14(22)12-16(15)17/h2,4-5,7-10,12H,3,6,11,22H2,1H3. The molecule has 0 unspecified atom stereocenters. The maximum atomic E-state index is 6.07. The van der Waals surface area contributed by atoms with E-state index in [0.717, 1.165) is 58.6 Å². The summed E-state index contributed by atoms with van der Waals surface area (Å²) >= 11 is 0. The molecule has 0 spiro atoms. The monoisotopic (exact) mass is 341 g/mol. The van der Waals surface area contributed by atoms with Gasteiger partial charge >= 0.3 is 0 Å². The van der Waals surface area contributed by atoms with Gasteiger partial charge in [-0.2, -0.15) is 5.10 Å². The predicted molar refractivity (Wildman–Crippen MR) is 104 cm³/mol. The Morgan fingerprint density at radius 3 is 2.92 bits per heavy atom. The summed E-state index contributed by atoms with van der Waals surface area (Å²) in [4.78, 5) is 9.23. The van der Waals surface area contributed by atoms with Crippen LogP contribution in [0.1, 0.15) is 17.8 Å². The largest absolute Gasteiger partial charge is 0.399 e. The molecular weight excluding hydrogens is 322 g/mol. The van der Waals surface area contributed by atoms with Crippen molar-refractivity contribution in [2.45, 2.75) is 26.3 Å². The number of aryl methyl sites for hydroxylation is 2. The van der Waals surface area contributed by atoms with Crippen LogP contribution in [0.25, 0.3) is 33.4 Å². The Kier molecular flexibility index (Phi) is 3.28. The Balaban J connectivity index is 1.84. The zero-order chi connectivity index (χ0) is 17.7. The fourth-order valence-electron chi connectivity index (χ4n) is 3.85. The van der Waals surface area contributed by atoms with Crippen LogP contribution in [0.3, 0.4) is 0 Å². The molecule has 26 heavy (non-hydrogen) atoms. The first-order valence-corrected chi connectivity index (χ1v) is 8.89. The summed E-state index contributed by atoms with van der Waals surface area (Å²) in [6.45, 7) is 2.97. The van der Waals surface area contributed by atoms with Crippen LogP contribution in [-0.2, 0) is 13.0 Å². The molecule has 1 aliphatic rings. The molecule has 0 amide bonds. The van der Waals surface area contributed by atoms with E-state index in [-0.39, 0.29) is 0 Å². The van der Waals surface area contributed by atoms with Crippen LogP contribution in [0.2, 0.25) is 0 Å². The highest BCUT2D eigenvalue weighted by atomic mass is 15.3.